The van der Waals surface area contributed by atoms with Gasteiger partial charge in [-0.2, -0.15) is 0 Å². The Morgan fingerprint density at radius 2 is 2.22 bits per heavy atom. The van der Waals surface area contributed by atoms with Gasteiger partial charge in [-0.3, -0.25) is 0 Å². The summed E-state index contributed by atoms with van der Waals surface area (Å²) >= 11 is 0. The van der Waals surface area contributed by atoms with Gasteiger partial charge in [-0.05, 0) is 38.8 Å². The van der Waals surface area contributed by atoms with Gasteiger partial charge in [0.05, 0.1) is 0 Å². The molecule has 18 heavy (non-hydrogen) atoms. The Morgan fingerprint density at radius 1 is 1.39 bits per heavy atom. The number of para-hydroxylation sites is 1. The van der Waals surface area contributed by atoms with Crippen LogP contribution < -0.4 is 10.6 Å². The second kappa shape index (κ2) is 6.76. The Balaban J connectivity index is 1.74. The maximum atomic E-state index is 9.69. The molecule has 3 heteroatoms. The molecule has 0 aliphatic carbocycles. The quantitative estimate of drug-likeness (QED) is 0.750. The lowest BCUT2D eigenvalue weighted by Gasteiger charge is -2.26. The SMILES string of the molecule is CC(CC1CCCCN1)NCc1ccccc1O. The summed E-state index contributed by atoms with van der Waals surface area (Å²) in [7, 11) is 0. The van der Waals surface area contributed by atoms with Crippen LogP contribution >= 0.6 is 0 Å². The van der Waals surface area contributed by atoms with Crippen LogP contribution in [0.15, 0.2) is 24.3 Å². The van der Waals surface area contributed by atoms with Crippen molar-refractivity contribution in [3.8, 4) is 5.75 Å². The molecule has 0 spiro atoms. The molecule has 0 radical (unpaired) electrons. The van der Waals surface area contributed by atoms with Crippen molar-refractivity contribution < 1.29 is 5.11 Å². The van der Waals surface area contributed by atoms with Gasteiger partial charge in [-0.15, -0.1) is 0 Å². The fraction of sp³-hybridized carbons (Fsp3) is 0.600. The number of phenols is 1. The molecule has 0 bridgehead atoms. The molecule has 0 amide bonds. The van der Waals surface area contributed by atoms with Crippen LogP contribution in [0.1, 0.15) is 38.2 Å². The van der Waals surface area contributed by atoms with Crippen LogP contribution in [0.3, 0.4) is 0 Å². The second-order valence-corrected chi connectivity index (χ2v) is 5.29. The summed E-state index contributed by atoms with van der Waals surface area (Å²) in [4.78, 5) is 0. The van der Waals surface area contributed by atoms with Crippen molar-refractivity contribution in [3.05, 3.63) is 29.8 Å². The molecule has 3 nitrogen and oxygen atoms in total. The van der Waals surface area contributed by atoms with Gasteiger partial charge in [0.2, 0.25) is 0 Å². The highest BCUT2D eigenvalue weighted by Crippen LogP contribution is 2.16. The maximum absolute atomic E-state index is 9.69. The molecule has 100 valence electrons. The van der Waals surface area contributed by atoms with Crippen LogP contribution in [-0.2, 0) is 6.54 Å². The highest BCUT2D eigenvalue weighted by molar-refractivity contribution is 5.31. The lowest BCUT2D eigenvalue weighted by Crippen LogP contribution is -2.39. The zero-order chi connectivity index (χ0) is 12.8. The summed E-state index contributed by atoms with van der Waals surface area (Å²) < 4.78 is 0. The van der Waals surface area contributed by atoms with Crippen LogP contribution in [0.25, 0.3) is 0 Å². The third kappa shape index (κ3) is 4.00. The average molecular weight is 248 g/mol. The molecule has 1 fully saturated rings. The summed E-state index contributed by atoms with van der Waals surface area (Å²) in [5.74, 6) is 0.382. The molecule has 0 saturated carbocycles. The van der Waals surface area contributed by atoms with E-state index in [1.165, 1.54) is 19.3 Å². The Hall–Kier alpha value is -1.06. The molecule has 1 aromatic carbocycles. The van der Waals surface area contributed by atoms with Crippen molar-refractivity contribution in [2.24, 2.45) is 0 Å². The number of benzene rings is 1. The third-order valence-electron chi connectivity index (χ3n) is 3.68. The summed E-state index contributed by atoms with van der Waals surface area (Å²) in [5, 5.41) is 16.7. The molecular weight excluding hydrogens is 224 g/mol. The highest BCUT2D eigenvalue weighted by atomic mass is 16.3. The predicted octanol–water partition coefficient (Wildman–Crippen LogP) is 2.40. The van der Waals surface area contributed by atoms with Gasteiger partial charge in [0.1, 0.15) is 5.75 Å². The van der Waals surface area contributed by atoms with Gasteiger partial charge in [0.25, 0.3) is 0 Å². The van der Waals surface area contributed by atoms with E-state index in [2.05, 4.69) is 17.6 Å². The molecule has 1 aliphatic rings. The van der Waals surface area contributed by atoms with Crippen molar-refractivity contribution in [1.29, 1.82) is 0 Å². The van der Waals surface area contributed by atoms with E-state index < -0.39 is 0 Å². The van der Waals surface area contributed by atoms with Crippen LogP contribution in [0.2, 0.25) is 0 Å². The highest BCUT2D eigenvalue weighted by Gasteiger charge is 2.15. The molecule has 3 N–H and O–H groups in total. The molecule has 1 aliphatic heterocycles. The molecule has 0 aromatic heterocycles. The zero-order valence-corrected chi connectivity index (χ0v) is 11.2. The van der Waals surface area contributed by atoms with E-state index in [-0.39, 0.29) is 0 Å². The van der Waals surface area contributed by atoms with Crippen LogP contribution in [0.5, 0.6) is 5.75 Å². The normalized spacial score (nSPS) is 21.7. The van der Waals surface area contributed by atoms with Crippen molar-refractivity contribution >= 4 is 0 Å². The van der Waals surface area contributed by atoms with Gasteiger partial charge >= 0.3 is 0 Å². The van der Waals surface area contributed by atoms with Crippen molar-refractivity contribution in [2.45, 2.75) is 51.2 Å². The van der Waals surface area contributed by atoms with Gasteiger partial charge in [-0.1, -0.05) is 24.6 Å². The van der Waals surface area contributed by atoms with Crippen molar-refractivity contribution in [1.82, 2.24) is 10.6 Å². The minimum atomic E-state index is 0.382. The van der Waals surface area contributed by atoms with E-state index >= 15 is 0 Å². The van der Waals surface area contributed by atoms with Gasteiger partial charge in [-0.25, -0.2) is 0 Å². The molecule has 1 aromatic rings. The minimum absolute atomic E-state index is 0.382. The lowest BCUT2D eigenvalue weighted by atomic mass is 9.98. The van der Waals surface area contributed by atoms with Crippen molar-refractivity contribution in [2.75, 3.05) is 6.54 Å². The average Bonchev–Trinajstić information content (AvgIpc) is 2.39. The van der Waals surface area contributed by atoms with E-state index in [9.17, 15) is 5.11 Å². The number of piperidine rings is 1. The van der Waals surface area contributed by atoms with E-state index in [0.717, 1.165) is 25.1 Å². The zero-order valence-electron chi connectivity index (χ0n) is 11.2. The second-order valence-electron chi connectivity index (χ2n) is 5.29. The first-order valence-corrected chi connectivity index (χ1v) is 6.99. The van der Waals surface area contributed by atoms with E-state index in [4.69, 9.17) is 0 Å². The molecule has 2 atom stereocenters. The van der Waals surface area contributed by atoms with Gasteiger partial charge < -0.3 is 15.7 Å². The summed E-state index contributed by atoms with van der Waals surface area (Å²) in [6.07, 6.45) is 5.12. The number of nitrogens with one attached hydrogen (secondary N) is 2. The number of aromatic hydroxyl groups is 1. The summed E-state index contributed by atoms with van der Waals surface area (Å²) in [6, 6.07) is 8.65. The topological polar surface area (TPSA) is 44.3 Å². The number of hydrogen-bond donors (Lipinski definition) is 3. The fourth-order valence-electron chi connectivity index (χ4n) is 2.58. The third-order valence-corrected chi connectivity index (χ3v) is 3.68. The molecule has 2 rings (SSSR count). The van der Waals surface area contributed by atoms with E-state index in [1.807, 2.05) is 18.2 Å². The predicted molar refractivity (Wildman–Crippen MR) is 74.7 cm³/mol. The molecule has 1 saturated heterocycles. The Kier molecular flexibility index (Phi) is 5.02. The maximum Gasteiger partial charge on any atom is 0.120 e. The molecule has 2 unspecified atom stereocenters. The van der Waals surface area contributed by atoms with Gasteiger partial charge in [0, 0.05) is 24.2 Å². The molecular formula is C15H24N2O. The van der Waals surface area contributed by atoms with Crippen molar-refractivity contribution in [3.63, 3.8) is 0 Å². The number of phenolic OH excluding ortho intramolecular Hbond substituents is 1. The van der Waals surface area contributed by atoms with Crippen LogP contribution in [0.4, 0.5) is 0 Å². The Labute approximate surface area is 110 Å². The first-order valence-electron chi connectivity index (χ1n) is 6.99. The van der Waals surface area contributed by atoms with E-state index in [1.54, 1.807) is 6.07 Å². The summed E-state index contributed by atoms with van der Waals surface area (Å²) in [6.45, 7) is 4.12. The monoisotopic (exact) mass is 248 g/mol. The Bertz CT molecular complexity index is 361. The van der Waals surface area contributed by atoms with Gasteiger partial charge in [0.15, 0.2) is 0 Å². The van der Waals surface area contributed by atoms with E-state index in [0.29, 0.717) is 17.8 Å². The Morgan fingerprint density at radius 3 is 2.94 bits per heavy atom. The summed E-state index contributed by atoms with van der Waals surface area (Å²) in [5.41, 5.74) is 0.973. The molecule has 1 heterocycles. The minimum Gasteiger partial charge on any atom is -0.508 e. The largest absolute Gasteiger partial charge is 0.508 e. The first kappa shape index (κ1) is 13.4. The smallest absolute Gasteiger partial charge is 0.120 e. The van der Waals surface area contributed by atoms with Crippen LogP contribution in [-0.4, -0.2) is 23.7 Å². The first-order chi connectivity index (χ1) is 8.75. The standard InChI is InChI=1S/C15H24N2O/c1-12(10-14-7-4-5-9-16-14)17-11-13-6-2-3-8-15(13)18/h2-3,6,8,12,14,16-18H,4-5,7,9-11H2,1H3. The fourth-order valence-corrected chi connectivity index (χ4v) is 2.58. The lowest BCUT2D eigenvalue weighted by molar-refractivity contribution is 0.343. The number of rotatable bonds is 5. The number of hydrogen-bond acceptors (Lipinski definition) is 3. The van der Waals surface area contributed by atoms with Crippen LogP contribution in [0, 0.1) is 0 Å².